The predicted octanol–water partition coefficient (Wildman–Crippen LogP) is 2.88. The number of pyridine rings is 1. The van der Waals surface area contributed by atoms with Crippen molar-refractivity contribution >= 4 is 31.9 Å². The molecule has 2 aromatic rings. The molecule has 0 aliphatic heterocycles. The molecule has 0 saturated carbocycles. The monoisotopic (exact) mass is 401 g/mol. The SMILES string of the molecule is CCn1nc(C)c(Br)c1CC(NN)c1cncc(Br)c1. The van der Waals surface area contributed by atoms with E-state index in [9.17, 15) is 0 Å². The van der Waals surface area contributed by atoms with Crippen LogP contribution < -0.4 is 11.3 Å². The van der Waals surface area contributed by atoms with Crippen LogP contribution in [0.4, 0.5) is 0 Å². The van der Waals surface area contributed by atoms with E-state index < -0.39 is 0 Å². The minimum absolute atomic E-state index is 0.0160. The minimum Gasteiger partial charge on any atom is -0.271 e. The van der Waals surface area contributed by atoms with Crippen molar-refractivity contribution < 1.29 is 0 Å². The number of aromatic nitrogens is 3. The Morgan fingerprint density at radius 2 is 2.15 bits per heavy atom. The van der Waals surface area contributed by atoms with Crippen LogP contribution in [-0.4, -0.2) is 14.8 Å². The average molecular weight is 403 g/mol. The first-order valence-corrected chi connectivity index (χ1v) is 7.93. The first-order chi connectivity index (χ1) is 9.56. The Morgan fingerprint density at radius 3 is 2.75 bits per heavy atom. The molecule has 0 aliphatic carbocycles. The molecule has 3 N–H and O–H groups in total. The van der Waals surface area contributed by atoms with Gasteiger partial charge in [0.1, 0.15) is 0 Å². The van der Waals surface area contributed by atoms with Crippen molar-refractivity contribution in [2.45, 2.75) is 32.9 Å². The van der Waals surface area contributed by atoms with Crippen LogP contribution in [0.2, 0.25) is 0 Å². The molecule has 5 nitrogen and oxygen atoms in total. The second-order valence-corrected chi connectivity index (χ2v) is 6.23. The Bertz CT molecular complexity index is 596. The van der Waals surface area contributed by atoms with E-state index in [1.54, 1.807) is 6.20 Å². The zero-order chi connectivity index (χ0) is 14.7. The topological polar surface area (TPSA) is 68.8 Å². The quantitative estimate of drug-likeness (QED) is 0.595. The Labute approximate surface area is 135 Å². The van der Waals surface area contributed by atoms with Gasteiger partial charge in [-0.05, 0) is 57.3 Å². The molecule has 0 spiro atoms. The molecule has 7 heteroatoms. The second-order valence-electron chi connectivity index (χ2n) is 4.52. The van der Waals surface area contributed by atoms with Crippen LogP contribution in [0.15, 0.2) is 27.4 Å². The number of aryl methyl sites for hydroxylation is 2. The van der Waals surface area contributed by atoms with Crippen molar-refractivity contribution in [2.75, 3.05) is 0 Å². The summed E-state index contributed by atoms with van der Waals surface area (Å²) in [4.78, 5) is 4.19. The molecule has 2 rings (SSSR count). The normalized spacial score (nSPS) is 12.7. The van der Waals surface area contributed by atoms with E-state index in [1.807, 2.05) is 23.9 Å². The highest BCUT2D eigenvalue weighted by molar-refractivity contribution is 9.10. The smallest absolute Gasteiger partial charge is 0.0738 e. The van der Waals surface area contributed by atoms with Gasteiger partial charge < -0.3 is 0 Å². The number of hydrogen-bond acceptors (Lipinski definition) is 4. The Morgan fingerprint density at radius 1 is 1.40 bits per heavy atom. The predicted molar refractivity (Wildman–Crippen MR) is 86.0 cm³/mol. The lowest BCUT2D eigenvalue weighted by Gasteiger charge is -2.17. The average Bonchev–Trinajstić information content (AvgIpc) is 2.71. The largest absolute Gasteiger partial charge is 0.271 e. The van der Waals surface area contributed by atoms with Crippen LogP contribution >= 0.6 is 31.9 Å². The van der Waals surface area contributed by atoms with E-state index in [4.69, 9.17) is 5.84 Å². The third kappa shape index (κ3) is 3.28. The molecule has 0 amide bonds. The summed E-state index contributed by atoms with van der Waals surface area (Å²) in [5.74, 6) is 5.71. The number of hydrazine groups is 1. The molecule has 20 heavy (non-hydrogen) atoms. The lowest BCUT2D eigenvalue weighted by molar-refractivity contribution is 0.514. The number of nitrogens with zero attached hydrogens (tertiary/aromatic N) is 3. The van der Waals surface area contributed by atoms with E-state index in [2.05, 4.69) is 54.3 Å². The molecule has 0 fully saturated rings. The number of halogens is 2. The molecule has 108 valence electrons. The lowest BCUT2D eigenvalue weighted by atomic mass is 10.0. The summed E-state index contributed by atoms with van der Waals surface area (Å²) in [6, 6.07) is 2.00. The fourth-order valence-corrected chi connectivity index (χ4v) is 2.98. The summed E-state index contributed by atoms with van der Waals surface area (Å²) in [5.41, 5.74) is 6.02. The second kappa shape index (κ2) is 6.80. The van der Waals surface area contributed by atoms with Crippen molar-refractivity contribution in [2.24, 2.45) is 5.84 Å². The Hall–Kier alpha value is -0.760. The van der Waals surface area contributed by atoms with Gasteiger partial charge in [-0.1, -0.05) is 0 Å². The van der Waals surface area contributed by atoms with Gasteiger partial charge in [0, 0.05) is 29.8 Å². The zero-order valence-electron chi connectivity index (χ0n) is 11.4. The van der Waals surface area contributed by atoms with Gasteiger partial charge in [-0.15, -0.1) is 0 Å². The Balaban J connectivity index is 2.31. The van der Waals surface area contributed by atoms with Gasteiger partial charge in [0.2, 0.25) is 0 Å². The third-order valence-corrected chi connectivity index (χ3v) is 4.65. The number of nitrogens with one attached hydrogen (secondary N) is 1. The van der Waals surface area contributed by atoms with Crippen LogP contribution in [0.3, 0.4) is 0 Å². The number of nitrogens with two attached hydrogens (primary N) is 1. The molecule has 0 saturated heterocycles. The first kappa shape index (κ1) is 15.6. The first-order valence-electron chi connectivity index (χ1n) is 6.35. The summed E-state index contributed by atoms with van der Waals surface area (Å²) in [6.45, 7) is 4.90. The van der Waals surface area contributed by atoms with Gasteiger partial charge >= 0.3 is 0 Å². The van der Waals surface area contributed by atoms with Crippen LogP contribution in [0.25, 0.3) is 0 Å². The van der Waals surface area contributed by atoms with Crippen molar-refractivity contribution in [3.63, 3.8) is 0 Å². The third-order valence-electron chi connectivity index (χ3n) is 3.18. The van der Waals surface area contributed by atoms with Crippen LogP contribution in [0.1, 0.15) is 29.9 Å². The molecule has 0 aromatic carbocycles. The van der Waals surface area contributed by atoms with Crippen molar-refractivity contribution in [1.29, 1.82) is 0 Å². The number of hydrogen-bond donors (Lipinski definition) is 2. The fraction of sp³-hybridized carbons (Fsp3) is 0.385. The standard InChI is InChI=1S/C13H17Br2N5/c1-3-20-12(13(15)8(2)19-20)5-11(18-16)9-4-10(14)7-17-6-9/h4,6-7,11,18H,3,5,16H2,1-2H3. The van der Waals surface area contributed by atoms with Gasteiger partial charge in [-0.25, -0.2) is 0 Å². The zero-order valence-corrected chi connectivity index (χ0v) is 14.6. The van der Waals surface area contributed by atoms with Crippen molar-refractivity contribution in [3.05, 3.63) is 44.4 Å². The van der Waals surface area contributed by atoms with E-state index in [-0.39, 0.29) is 6.04 Å². The van der Waals surface area contributed by atoms with E-state index >= 15 is 0 Å². The molecule has 0 bridgehead atoms. The highest BCUT2D eigenvalue weighted by Crippen LogP contribution is 2.27. The highest BCUT2D eigenvalue weighted by atomic mass is 79.9. The summed E-state index contributed by atoms with van der Waals surface area (Å²) in [5, 5.41) is 4.50. The molecular weight excluding hydrogens is 386 g/mol. The van der Waals surface area contributed by atoms with E-state index in [0.29, 0.717) is 0 Å². The van der Waals surface area contributed by atoms with Crippen LogP contribution in [0, 0.1) is 6.92 Å². The van der Waals surface area contributed by atoms with Gasteiger partial charge in [0.05, 0.1) is 21.9 Å². The molecule has 2 aromatic heterocycles. The molecule has 0 aliphatic rings. The molecule has 1 atom stereocenters. The Kier molecular flexibility index (Phi) is 5.31. The maximum Gasteiger partial charge on any atom is 0.0738 e. The van der Waals surface area contributed by atoms with Gasteiger partial charge in [0.15, 0.2) is 0 Å². The fourth-order valence-electron chi connectivity index (χ4n) is 2.15. The summed E-state index contributed by atoms with van der Waals surface area (Å²) in [6.07, 6.45) is 4.32. The van der Waals surface area contributed by atoms with E-state index in [0.717, 1.165) is 38.9 Å². The van der Waals surface area contributed by atoms with Gasteiger partial charge in [0.25, 0.3) is 0 Å². The molecule has 1 unspecified atom stereocenters. The lowest BCUT2D eigenvalue weighted by Crippen LogP contribution is -2.30. The van der Waals surface area contributed by atoms with Gasteiger partial charge in [-0.2, -0.15) is 5.10 Å². The molecular formula is C13H17Br2N5. The van der Waals surface area contributed by atoms with Crippen molar-refractivity contribution in [3.8, 4) is 0 Å². The maximum absolute atomic E-state index is 5.71. The highest BCUT2D eigenvalue weighted by Gasteiger charge is 2.18. The number of rotatable bonds is 5. The maximum atomic E-state index is 5.71. The van der Waals surface area contributed by atoms with Crippen LogP contribution in [-0.2, 0) is 13.0 Å². The summed E-state index contributed by atoms with van der Waals surface area (Å²) >= 11 is 7.04. The minimum atomic E-state index is -0.0160. The van der Waals surface area contributed by atoms with Crippen LogP contribution in [0.5, 0.6) is 0 Å². The molecule has 2 heterocycles. The molecule has 0 radical (unpaired) electrons. The summed E-state index contributed by atoms with van der Waals surface area (Å²) < 4.78 is 3.98. The van der Waals surface area contributed by atoms with Gasteiger partial charge in [-0.3, -0.25) is 20.9 Å². The van der Waals surface area contributed by atoms with Crippen molar-refractivity contribution in [1.82, 2.24) is 20.2 Å². The summed E-state index contributed by atoms with van der Waals surface area (Å²) in [7, 11) is 0. The van der Waals surface area contributed by atoms with E-state index in [1.165, 1.54) is 0 Å².